The third-order valence-electron chi connectivity index (χ3n) is 4.74. The molecule has 0 atom stereocenters. The normalized spacial score (nSPS) is 11.5. The van der Waals surface area contributed by atoms with Gasteiger partial charge in [0.05, 0.1) is 16.1 Å². The van der Waals surface area contributed by atoms with E-state index in [0.717, 1.165) is 11.1 Å². The molecule has 4 rings (SSSR count). The van der Waals surface area contributed by atoms with Gasteiger partial charge in [-0.1, -0.05) is 48.0 Å². The highest BCUT2D eigenvalue weighted by molar-refractivity contribution is 7.91. The van der Waals surface area contributed by atoms with Crippen LogP contribution in [0.2, 0.25) is 0 Å². The molecule has 0 aliphatic rings. The van der Waals surface area contributed by atoms with Crippen LogP contribution in [0.3, 0.4) is 0 Å². The van der Waals surface area contributed by atoms with Gasteiger partial charge in [-0.3, -0.25) is 4.98 Å². The number of hydrogen-bond acceptors (Lipinski definition) is 4. The second kappa shape index (κ2) is 7.64. The third kappa shape index (κ3) is 3.84. The van der Waals surface area contributed by atoms with Crippen molar-refractivity contribution >= 4 is 26.4 Å². The molecule has 4 nitrogen and oxygen atoms in total. The van der Waals surface area contributed by atoms with Crippen molar-refractivity contribution in [1.29, 1.82) is 0 Å². The molecule has 3 aromatic carbocycles. The van der Waals surface area contributed by atoms with Crippen molar-refractivity contribution in [2.75, 3.05) is 5.32 Å². The van der Waals surface area contributed by atoms with Crippen LogP contribution >= 0.6 is 0 Å². The van der Waals surface area contributed by atoms with Crippen LogP contribution in [0.25, 0.3) is 10.9 Å². The van der Waals surface area contributed by atoms with Crippen LogP contribution in [0.15, 0.2) is 88.8 Å². The maximum Gasteiger partial charge on any atom is 0.210 e. The van der Waals surface area contributed by atoms with Crippen LogP contribution in [0.5, 0.6) is 0 Å². The number of aromatic nitrogens is 1. The topological polar surface area (TPSA) is 59.1 Å². The molecule has 1 N–H and O–H groups in total. The quantitative estimate of drug-likeness (QED) is 0.499. The molecule has 1 aromatic heterocycles. The summed E-state index contributed by atoms with van der Waals surface area (Å²) in [6.45, 7) is 2.26. The number of rotatable bonds is 5. The Bertz CT molecular complexity index is 1270. The predicted octanol–water partition coefficient (Wildman–Crippen LogP) is 5.13. The monoisotopic (exact) mass is 406 g/mol. The number of halogens is 1. The highest BCUT2D eigenvalue weighted by Crippen LogP contribution is 2.33. The zero-order valence-electron chi connectivity index (χ0n) is 15.8. The number of pyridine rings is 1. The largest absolute Gasteiger partial charge is 0.379 e. The Morgan fingerprint density at radius 2 is 1.62 bits per heavy atom. The molecular formula is C23H19FN2O2S. The molecule has 146 valence electrons. The first-order valence-electron chi connectivity index (χ1n) is 9.13. The zero-order chi connectivity index (χ0) is 20.4. The van der Waals surface area contributed by atoms with E-state index in [1.807, 2.05) is 31.2 Å². The highest BCUT2D eigenvalue weighted by Gasteiger charge is 2.23. The van der Waals surface area contributed by atoms with Crippen LogP contribution in [0, 0.1) is 12.7 Å². The molecule has 0 amide bonds. The van der Waals surface area contributed by atoms with Crippen molar-refractivity contribution in [2.45, 2.75) is 23.3 Å². The van der Waals surface area contributed by atoms with Crippen LogP contribution in [0.1, 0.15) is 11.1 Å². The number of fused-ring (bicyclic) bond motifs is 1. The van der Waals surface area contributed by atoms with Gasteiger partial charge in [-0.05, 0) is 42.8 Å². The van der Waals surface area contributed by atoms with Gasteiger partial charge >= 0.3 is 0 Å². The minimum absolute atomic E-state index is 0.113. The van der Waals surface area contributed by atoms with E-state index in [-0.39, 0.29) is 15.6 Å². The molecule has 6 heteroatoms. The first kappa shape index (κ1) is 19.1. The average molecular weight is 406 g/mol. The van der Waals surface area contributed by atoms with Crippen molar-refractivity contribution in [3.05, 3.63) is 95.9 Å². The van der Waals surface area contributed by atoms with E-state index < -0.39 is 9.84 Å². The number of nitrogens with zero attached hydrogens (tertiary/aromatic N) is 1. The zero-order valence-corrected chi connectivity index (χ0v) is 16.6. The minimum Gasteiger partial charge on any atom is -0.379 e. The lowest BCUT2D eigenvalue weighted by atomic mass is 10.1. The summed E-state index contributed by atoms with van der Waals surface area (Å²) in [7, 11) is -3.77. The number of anilines is 1. The summed E-state index contributed by atoms with van der Waals surface area (Å²) in [5.74, 6) is -0.314. The van der Waals surface area contributed by atoms with E-state index in [2.05, 4.69) is 10.3 Å². The Labute approximate surface area is 169 Å². The molecule has 0 aliphatic carbocycles. The first-order chi connectivity index (χ1) is 13.9. The SMILES string of the molecule is Cc1ccc(S(=O)(=O)c2cnc3ccccc3c2NCc2ccc(F)cc2)cc1. The Hall–Kier alpha value is -3.25. The molecule has 29 heavy (non-hydrogen) atoms. The van der Waals surface area contributed by atoms with Crippen LogP contribution in [-0.2, 0) is 16.4 Å². The van der Waals surface area contributed by atoms with Gasteiger partial charge in [0.25, 0.3) is 0 Å². The summed E-state index contributed by atoms with van der Waals surface area (Å²) in [6.07, 6.45) is 1.39. The van der Waals surface area contributed by atoms with Crippen LogP contribution in [-0.4, -0.2) is 13.4 Å². The third-order valence-corrected chi connectivity index (χ3v) is 6.53. The van der Waals surface area contributed by atoms with Gasteiger partial charge in [0.2, 0.25) is 9.84 Å². The fourth-order valence-electron chi connectivity index (χ4n) is 3.15. The number of nitrogens with one attached hydrogen (secondary N) is 1. The van der Waals surface area contributed by atoms with E-state index >= 15 is 0 Å². The van der Waals surface area contributed by atoms with Gasteiger partial charge in [-0.2, -0.15) is 0 Å². The molecule has 0 aliphatic heterocycles. The molecule has 0 fully saturated rings. The van der Waals surface area contributed by atoms with Crippen LogP contribution < -0.4 is 5.32 Å². The Morgan fingerprint density at radius 3 is 2.34 bits per heavy atom. The standard InChI is InChI=1S/C23H19FN2O2S/c1-16-6-12-19(13-7-16)29(27,28)22-15-25-21-5-3-2-4-20(21)23(22)26-14-17-8-10-18(24)11-9-17/h2-13,15H,14H2,1H3,(H,25,26). The maximum atomic E-state index is 13.3. The highest BCUT2D eigenvalue weighted by atomic mass is 32.2. The molecule has 0 radical (unpaired) electrons. The van der Waals surface area contributed by atoms with Gasteiger partial charge in [0, 0.05) is 18.1 Å². The second-order valence-corrected chi connectivity index (χ2v) is 8.73. The van der Waals surface area contributed by atoms with Crippen molar-refractivity contribution in [3.8, 4) is 0 Å². The second-order valence-electron chi connectivity index (χ2n) is 6.81. The lowest BCUT2D eigenvalue weighted by Crippen LogP contribution is -2.09. The molecular weight excluding hydrogens is 387 g/mol. The number of hydrogen-bond donors (Lipinski definition) is 1. The van der Waals surface area contributed by atoms with E-state index in [1.54, 1.807) is 36.4 Å². The Morgan fingerprint density at radius 1 is 0.931 bits per heavy atom. The van der Waals surface area contributed by atoms with Crippen LogP contribution in [0.4, 0.5) is 10.1 Å². The number of para-hydroxylation sites is 1. The Balaban J connectivity index is 1.82. The smallest absolute Gasteiger partial charge is 0.210 e. The van der Waals surface area contributed by atoms with Gasteiger partial charge in [-0.15, -0.1) is 0 Å². The van der Waals surface area contributed by atoms with E-state index in [1.165, 1.54) is 18.3 Å². The lowest BCUT2D eigenvalue weighted by Gasteiger charge is -2.15. The van der Waals surface area contributed by atoms with Crippen molar-refractivity contribution in [1.82, 2.24) is 4.98 Å². The average Bonchev–Trinajstić information content (AvgIpc) is 2.73. The number of benzene rings is 3. The summed E-state index contributed by atoms with van der Waals surface area (Å²) in [6, 6.07) is 20.2. The van der Waals surface area contributed by atoms with Crippen molar-refractivity contribution in [2.24, 2.45) is 0 Å². The van der Waals surface area contributed by atoms with Crippen molar-refractivity contribution < 1.29 is 12.8 Å². The summed E-state index contributed by atoms with van der Waals surface area (Å²) in [5, 5.41) is 3.95. The first-order valence-corrected chi connectivity index (χ1v) is 10.6. The summed E-state index contributed by atoms with van der Waals surface area (Å²) in [5.41, 5.74) is 3.00. The van der Waals surface area contributed by atoms with Gasteiger partial charge in [0.15, 0.2) is 0 Å². The van der Waals surface area contributed by atoms with Crippen molar-refractivity contribution in [3.63, 3.8) is 0 Å². The van der Waals surface area contributed by atoms with Gasteiger partial charge in [-0.25, -0.2) is 12.8 Å². The molecule has 0 spiro atoms. The fourth-order valence-corrected chi connectivity index (χ4v) is 4.54. The molecule has 1 heterocycles. The number of sulfone groups is 1. The van der Waals surface area contributed by atoms with Gasteiger partial charge in [0.1, 0.15) is 10.7 Å². The minimum atomic E-state index is -3.77. The molecule has 0 unspecified atom stereocenters. The number of aryl methyl sites for hydroxylation is 1. The maximum absolute atomic E-state index is 13.3. The lowest BCUT2D eigenvalue weighted by molar-refractivity contribution is 0.596. The Kier molecular flexibility index (Phi) is 5.03. The summed E-state index contributed by atoms with van der Waals surface area (Å²) < 4.78 is 39.9. The predicted molar refractivity (Wildman–Crippen MR) is 112 cm³/mol. The van der Waals surface area contributed by atoms with E-state index in [4.69, 9.17) is 0 Å². The summed E-state index contributed by atoms with van der Waals surface area (Å²) >= 11 is 0. The fraction of sp³-hybridized carbons (Fsp3) is 0.0870. The molecule has 0 saturated carbocycles. The van der Waals surface area contributed by atoms with Gasteiger partial charge < -0.3 is 5.32 Å². The molecule has 4 aromatic rings. The molecule has 0 bridgehead atoms. The summed E-state index contributed by atoms with van der Waals surface area (Å²) in [4.78, 5) is 4.68. The molecule has 0 saturated heterocycles. The van der Waals surface area contributed by atoms with E-state index in [0.29, 0.717) is 23.1 Å². The van der Waals surface area contributed by atoms with E-state index in [9.17, 15) is 12.8 Å².